The van der Waals surface area contributed by atoms with Crippen molar-refractivity contribution in [2.75, 3.05) is 18.8 Å². The van der Waals surface area contributed by atoms with Crippen molar-refractivity contribution in [3.8, 4) is 0 Å². The Bertz CT molecular complexity index is 559. The van der Waals surface area contributed by atoms with Gasteiger partial charge in [0.15, 0.2) is 0 Å². The quantitative estimate of drug-likeness (QED) is 0.778. The summed E-state index contributed by atoms with van der Waals surface area (Å²) in [6.45, 7) is 9.33. The van der Waals surface area contributed by atoms with Crippen molar-refractivity contribution in [3.05, 3.63) is 48.6 Å². The van der Waals surface area contributed by atoms with E-state index in [1.54, 1.807) is 16.7 Å². The van der Waals surface area contributed by atoms with E-state index in [-0.39, 0.29) is 23.1 Å². The zero-order chi connectivity index (χ0) is 16.8. The Morgan fingerprint density at radius 2 is 2.09 bits per heavy atom. The van der Waals surface area contributed by atoms with Gasteiger partial charge in [0.25, 0.3) is 0 Å². The van der Waals surface area contributed by atoms with Crippen LogP contribution in [0.4, 0.5) is 0 Å². The van der Waals surface area contributed by atoms with Crippen molar-refractivity contribution in [1.29, 1.82) is 0 Å². The van der Waals surface area contributed by atoms with Crippen LogP contribution in [-0.4, -0.2) is 51.7 Å². The molecule has 2 rings (SSSR count). The van der Waals surface area contributed by atoms with Crippen LogP contribution in [0.5, 0.6) is 0 Å². The monoisotopic (exact) mass is 332 g/mol. The van der Waals surface area contributed by atoms with Crippen LogP contribution >= 0.6 is 11.8 Å². The summed E-state index contributed by atoms with van der Waals surface area (Å²) < 4.78 is 0. The van der Waals surface area contributed by atoms with Gasteiger partial charge in [-0.25, -0.2) is 0 Å². The fourth-order valence-electron chi connectivity index (χ4n) is 2.61. The first kappa shape index (κ1) is 17.6. The van der Waals surface area contributed by atoms with Crippen molar-refractivity contribution in [2.24, 2.45) is 0 Å². The third-order valence-corrected chi connectivity index (χ3v) is 5.10. The summed E-state index contributed by atoms with van der Waals surface area (Å²) in [5.41, 5.74) is 1.12. The summed E-state index contributed by atoms with van der Waals surface area (Å²) >= 11 is 1.64. The molecule has 0 radical (unpaired) electrons. The number of benzene rings is 1. The third-order valence-electron chi connectivity index (χ3n) is 3.93. The molecule has 5 heteroatoms. The molecule has 1 aromatic rings. The topological polar surface area (TPSA) is 40.6 Å². The van der Waals surface area contributed by atoms with Crippen LogP contribution in [0.3, 0.4) is 0 Å². The average molecular weight is 332 g/mol. The molecule has 1 unspecified atom stereocenters. The zero-order valence-electron chi connectivity index (χ0n) is 13.8. The minimum atomic E-state index is -0.196. The van der Waals surface area contributed by atoms with E-state index in [2.05, 4.69) is 6.58 Å². The Kier molecular flexibility index (Phi) is 6.28. The lowest BCUT2D eigenvalue weighted by atomic mass is 10.1. The number of amides is 2. The van der Waals surface area contributed by atoms with Crippen LogP contribution in [-0.2, 0) is 16.1 Å². The molecule has 0 aliphatic carbocycles. The van der Waals surface area contributed by atoms with Crippen LogP contribution in [0.25, 0.3) is 0 Å². The summed E-state index contributed by atoms with van der Waals surface area (Å²) in [4.78, 5) is 28.4. The lowest BCUT2D eigenvalue weighted by Crippen LogP contribution is -2.50. The summed E-state index contributed by atoms with van der Waals surface area (Å²) in [5, 5.41) is -0.196. The molecule has 1 atom stereocenters. The standard InChI is InChI=1S/C18H24N2O2S/c1-4-17(21)19-10-11-23-16(13-19)18(22)20(14(2)3)12-15-8-6-5-7-9-15/h4-9,14,16H,1,10-13H2,2-3H3. The van der Waals surface area contributed by atoms with Crippen molar-refractivity contribution >= 4 is 23.6 Å². The Hall–Kier alpha value is -1.75. The maximum atomic E-state index is 12.9. The van der Waals surface area contributed by atoms with Crippen LogP contribution in [0, 0.1) is 0 Å². The van der Waals surface area contributed by atoms with Gasteiger partial charge in [-0.05, 0) is 25.5 Å². The Balaban J connectivity index is 2.08. The first-order valence-corrected chi connectivity index (χ1v) is 8.95. The SMILES string of the molecule is C=CC(=O)N1CCSC(C(=O)N(Cc2ccccc2)C(C)C)C1. The molecule has 0 spiro atoms. The molecule has 1 fully saturated rings. The molecular formula is C18H24N2O2S. The van der Waals surface area contributed by atoms with E-state index in [0.717, 1.165) is 11.3 Å². The zero-order valence-corrected chi connectivity index (χ0v) is 14.6. The second kappa shape index (κ2) is 8.20. The van der Waals surface area contributed by atoms with Gasteiger partial charge in [-0.1, -0.05) is 36.9 Å². The smallest absolute Gasteiger partial charge is 0.246 e. The van der Waals surface area contributed by atoms with Crippen LogP contribution in [0.1, 0.15) is 19.4 Å². The highest BCUT2D eigenvalue weighted by atomic mass is 32.2. The van der Waals surface area contributed by atoms with Crippen molar-refractivity contribution in [1.82, 2.24) is 9.80 Å². The van der Waals surface area contributed by atoms with Gasteiger partial charge in [-0.15, -0.1) is 11.8 Å². The maximum absolute atomic E-state index is 12.9. The second-order valence-electron chi connectivity index (χ2n) is 5.89. The van der Waals surface area contributed by atoms with Crippen LogP contribution in [0.2, 0.25) is 0 Å². The fraction of sp³-hybridized carbons (Fsp3) is 0.444. The summed E-state index contributed by atoms with van der Waals surface area (Å²) in [5.74, 6) is 0.797. The van der Waals surface area contributed by atoms with Crippen molar-refractivity contribution < 1.29 is 9.59 Å². The molecule has 2 amide bonds. The predicted octanol–water partition coefficient (Wildman–Crippen LogP) is 2.55. The maximum Gasteiger partial charge on any atom is 0.246 e. The van der Waals surface area contributed by atoms with Gasteiger partial charge in [0.1, 0.15) is 5.25 Å². The highest BCUT2D eigenvalue weighted by molar-refractivity contribution is 8.00. The molecule has 0 aromatic heterocycles. The third kappa shape index (κ3) is 4.61. The van der Waals surface area contributed by atoms with E-state index in [4.69, 9.17) is 0 Å². The summed E-state index contributed by atoms with van der Waals surface area (Å²) in [6, 6.07) is 10.1. The molecule has 4 nitrogen and oxygen atoms in total. The molecule has 124 valence electrons. The van der Waals surface area contributed by atoms with E-state index in [1.165, 1.54) is 6.08 Å². The number of hydrogen-bond donors (Lipinski definition) is 0. The molecule has 0 saturated carbocycles. The second-order valence-corrected chi connectivity index (χ2v) is 7.20. The number of thioether (sulfide) groups is 1. The largest absolute Gasteiger partial charge is 0.337 e. The number of nitrogens with zero attached hydrogens (tertiary/aromatic N) is 2. The molecule has 1 aromatic carbocycles. The van der Waals surface area contributed by atoms with Crippen molar-refractivity contribution in [2.45, 2.75) is 31.7 Å². The molecular weight excluding hydrogens is 308 g/mol. The van der Waals surface area contributed by atoms with E-state index in [1.807, 2.05) is 49.1 Å². The Labute approximate surface area is 142 Å². The minimum Gasteiger partial charge on any atom is -0.337 e. The Morgan fingerprint density at radius 1 is 1.39 bits per heavy atom. The molecule has 1 aliphatic rings. The highest BCUT2D eigenvalue weighted by Gasteiger charge is 2.32. The first-order chi connectivity index (χ1) is 11.0. The predicted molar refractivity (Wildman–Crippen MR) is 95.2 cm³/mol. The molecule has 1 aliphatic heterocycles. The number of hydrogen-bond acceptors (Lipinski definition) is 3. The minimum absolute atomic E-state index is 0.0951. The summed E-state index contributed by atoms with van der Waals surface area (Å²) in [6.07, 6.45) is 1.32. The van der Waals surface area contributed by atoms with Gasteiger partial charge in [-0.3, -0.25) is 9.59 Å². The van der Waals surface area contributed by atoms with Gasteiger partial charge in [-0.2, -0.15) is 0 Å². The van der Waals surface area contributed by atoms with Gasteiger partial charge >= 0.3 is 0 Å². The van der Waals surface area contributed by atoms with Gasteiger partial charge in [0, 0.05) is 31.4 Å². The van der Waals surface area contributed by atoms with Crippen LogP contribution in [0.15, 0.2) is 43.0 Å². The molecule has 0 bridgehead atoms. The number of carbonyl (C=O) groups is 2. The van der Waals surface area contributed by atoms with Gasteiger partial charge in [0.2, 0.25) is 11.8 Å². The lowest BCUT2D eigenvalue weighted by Gasteiger charge is -2.35. The summed E-state index contributed by atoms with van der Waals surface area (Å²) in [7, 11) is 0. The number of carbonyl (C=O) groups excluding carboxylic acids is 2. The van der Waals surface area contributed by atoms with Crippen LogP contribution < -0.4 is 0 Å². The van der Waals surface area contributed by atoms with Crippen molar-refractivity contribution in [3.63, 3.8) is 0 Å². The van der Waals surface area contributed by atoms with Gasteiger partial charge in [0.05, 0.1) is 0 Å². The molecule has 0 N–H and O–H groups in total. The van der Waals surface area contributed by atoms with E-state index in [9.17, 15) is 9.59 Å². The first-order valence-electron chi connectivity index (χ1n) is 7.90. The van der Waals surface area contributed by atoms with Gasteiger partial charge < -0.3 is 9.80 Å². The fourth-order valence-corrected chi connectivity index (χ4v) is 3.78. The lowest BCUT2D eigenvalue weighted by molar-refractivity contribution is -0.134. The van der Waals surface area contributed by atoms with E-state index in [0.29, 0.717) is 19.6 Å². The molecule has 1 heterocycles. The normalized spacial score (nSPS) is 17.9. The van der Waals surface area contributed by atoms with E-state index >= 15 is 0 Å². The average Bonchev–Trinajstić information content (AvgIpc) is 2.59. The molecule has 23 heavy (non-hydrogen) atoms. The molecule has 1 saturated heterocycles. The highest BCUT2D eigenvalue weighted by Crippen LogP contribution is 2.23. The van der Waals surface area contributed by atoms with E-state index < -0.39 is 0 Å². The Morgan fingerprint density at radius 3 is 2.70 bits per heavy atom. The number of rotatable bonds is 5.